The number of rotatable bonds is 5. The Hall–Kier alpha value is -1.26. The molecule has 1 aromatic carbocycles. The highest BCUT2D eigenvalue weighted by Crippen LogP contribution is 2.24. The summed E-state index contributed by atoms with van der Waals surface area (Å²) >= 11 is 6.14. The second-order valence-corrected chi connectivity index (χ2v) is 5.49. The van der Waals surface area contributed by atoms with Crippen molar-refractivity contribution in [3.05, 3.63) is 34.9 Å². The minimum Gasteiger partial charge on any atom is -0.375 e. The Morgan fingerprint density at radius 1 is 1.40 bits per heavy atom. The van der Waals surface area contributed by atoms with Gasteiger partial charge in [0.1, 0.15) is 6.10 Å². The van der Waals surface area contributed by atoms with Crippen LogP contribution in [0.15, 0.2) is 24.3 Å². The second-order valence-electron chi connectivity index (χ2n) is 5.08. The first-order valence-electron chi connectivity index (χ1n) is 7.02. The highest BCUT2D eigenvalue weighted by molar-refractivity contribution is 6.31. The quantitative estimate of drug-likeness (QED) is 0.876. The maximum Gasteiger partial charge on any atom is 0.315 e. The summed E-state index contributed by atoms with van der Waals surface area (Å²) in [5, 5.41) is 6.49. The Morgan fingerprint density at radius 3 is 2.75 bits per heavy atom. The number of hydrogen-bond acceptors (Lipinski definition) is 2. The summed E-state index contributed by atoms with van der Waals surface area (Å²) in [5.74, 6) is 0. The molecular formula is C15H21ClN2O2. The lowest BCUT2D eigenvalue weighted by molar-refractivity contribution is 0.104. The van der Waals surface area contributed by atoms with Crippen LogP contribution < -0.4 is 10.6 Å². The van der Waals surface area contributed by atoms with E-state index < -0.39 is 0 Å². The maximum absolute atomic E-state index is 11.8. The van der Waals surface area contributed by atoms with Gasteiger partial charge in [-0.2, -0.15) is 0 Å². The number of ether oxygens (including phenoxy) is 1. The van der Waals surface area contributed by atoms with Crippen molar-refractivity contribution in [3.8, 4) is 0 Å². The molecule has 0 saturated heterocycles. The standard InChI is InChI=1S/C15H21ClN2O2/c1-20-14(12-8-4-5-9-13(12)16)10-17-15(19)18-11-6-2-3-7-11/h4-5,8-9,11,14H,2-3,6-7,10H2,1H3,(H2,17,18,19). The largest absolute Gasteiger partial charge is 0.375 e. The molecule has 110 valence electrons. The third-order valence-electron chi connectivity index (χ3n) is 3.68. The van der Waals surface area contributed by atoms with E-state index >= 15 is 0 Å². The van der Waals surface area contributed by atoms with E-state index in [4.69, 9.17) is 16.3 Å². The molecular weight excluding hydrogens is 276 g/mol. The summed E-state index contributed by atoms with van der Waals surface area (Å²) in [7, 11) is 1.62. The number of amides is 2. The molecule has 1 aromatic rings. The summed E-state index contributed by atoms with van der Waals surface area (Å²) in [5.41, 5.74) is 0.887. The SMILES string of the molecule is COC(CNC(=O)NC1CCCC1)c1ccccc1Cl. The Kier molecular flexibility index (Phi) is 5.68. The van der Waals surface area contributed by atoms with Crippen LogP contribution in [0, 0.1) is 0 Å². The van der Waals surface area contributed by atoms with E-state index in [1.807, 2.05) is 24.3 Å². The summed E-state index contributed by atoms with van der Waals surface area (Å²) in [6, 6.07) is 7.70. The third kappa shape index (κ3) is 4.12. The van der Waals surface area contributed by atoms with E-state index in [9.17, 15) is 4.79 Å². The molecule has 0 aromatic heterocycles. The lowest BCUT2D eigenvalue weighted by Gasteiger charge is -2.19. The van der Waals surface area contributed by atoms with Crippen LogP contribution in [0.3, 0.4) is 0 Å². The molecule has 20 heavy (non-hydrogen) atoms. The monoisotopic (exact) mass is 296 g/mol. The molecule has 1 saturated carbocycles. The molecule has 1 aliphatic carbocycles. The van der Waals surface area contributed by atoms with Gasteiger partial charge in [-0.1, -0.05) is 42.6 Å². The summed E-state index contributed by atoms with van der Waals surface area (Å²) < 4.78 is 5.41. The maximum atomic E-state index is 11.8. The van der Waals surface area contributed by atoms with Crippen molar-refractivity contribution in [2.75, 3.05) is 13.7 Å². The van der Waals surface area contributed by atoms with Gasteiger partial charge in [-0.15, -0.1) is 0 Å². The van der Waals surface area contributed by atoms with Crippen LogP contribution in [0.25, 0.3) is 0 Å². The highest BCUT2D eigenvalue weighted by atomic mass is 35.5. The number of halogens is 1. The van der Waals surface area contributed by atoms with Crippen LogP contribution in [0.2, 0.25) is 5.02 Å². The van der Waals surface area contributed by atoms with Crippen molar-refractivity contribution in [2.45, 2.75) is 37.8 Å². The zero-order valence-corrected chi connectivity index (χ0v) is 12.5. The van der Waals surface area contributed by atoms with E-state index in [0.717, 1.165) is 18.4 Å². The first-order valence-corrected chi connectivity index (χ1v) is 7.40. The van der Waals surface area contributed by atoms with E-state index in [0.29, 0.717) is 17.6 Å². The molecule has 2 rings (SSSR count). The molecule has 0 aliphatic heterocycles. The Morgan fingerprint density at radius 2 is 2.10 bits per heavy atom. The van der Waals surface area contributed by atoms with Crippen LogP contribution in [0.4, 0.5) is 4.79 Å². The fourth-order valence-electron chi connectivity index (χ4n) is 2.55. The van der Waals surface area contributed by atoms with Gasteiger partial charge < -0.3 is 15.4 Å². The smallest absolute Gasteiger partial charge is 0.315 e. The highest BCUT2D eigenvalue weighted by Gasteiger charge is 2.18. The molecule has 5 heteroatoms. The molecule has 0 bridgehead atoms. The molecule has 1 atom stereocenters. The summed E-state index contributed by atoms with van der Waals surface area (Å²) in [6.07, 6.45) is 4.31. The third-order valence-corrected chi connectivity index (χ3v) is 4.02. The Balaban J connectivity index is 1.84. The van der Waals surface area contributed by atoms with E-state index in [1.54, 1.807) is 7.11 Å². The van der Waals surface area contributed by atoms with Crippen molar-refractivity contribution in [1.29, 1.82) is 0 Å². The number of hydrogen-bond donors (Lipinski definition) is 2. The summed E-state index contributed by atoms with van der Waals surface area (Å²) in [6.45, 7) is 0.402. The molecule has 1 unspecified atom stereocenters. The van der Waals surface area contributed by atoms with Crippen molar-refractivity contribution in [3.63, 3.8) is 0 Å². The zero-order chi connectivity index (χ0) is 14.4. The van der Waals surface area contributed by atoms with E-state index in [1.165, 1.54) is 12.8 Å². The summed E-state index contributed by atoms with van der Waals surface area (Å²) in [4.78, 5) is 11.8. The molecule has 0 spiro atoms. The number of carbonyl (C=O) groups is 1. The molecule has 1 fully saturated rings. The normalized spacial score (nSPS) is 16.9. The molecule has 0 heterocycles. The van der Waals surface area contributed by atoms with Crippen LogP contribution in [0.1, 0.15) is 37.4 Å². The van der Waals surface area contributed by atoms with Gasteiger partial charge in [0.05, 0.1) is 0 Å². The van der Waals surface area contributed by atoms with Crippen molar-refractivity contribution < 1.29 is 9.53 Å². The second kappa shape index (κ2) is 7.50. The van der Waals surface area contributed by atoms with Gasteiger partial charge in [-0.05, 0) is 18.9 Å². The van der Waals surface area contributed by atoms with Crippen molar-refractivity contribution in [1.82, 2.24) is 10.6 Å². The van der Waals surface area contributed by atoms with E-state index in [2.05, 4.69) is 10.6 Å². The predicted molar refractivity (Wildman–Crippen MR) is 80.0 cm³/mol. The number of methoxy groups -OCH3 is 1. The van der Waals surface area contributed by atoms with Gasteiger partial charge in [-0.3, -0.25) is 0 Å². The zero-order valence-electron chi connectivity index (χ0n) is 11.7. The van der Waals surface area contributed by atoms with Crippen molar-refractivity contribution in [2.24, 2.45) is 0 Å². The number of nitrogens with one attached hydrogen (secondary N) is 2. The van der Waals surface area contributed by atoms with Crippen LogP contribution in [-0.2, 0) is 4.74 Å². The van der Waals surface area contributed by atoms with Crippen LogP contribution in [-0.4, -0.2) is 25.7 Å². The Bertz CT molecular complexity index is 447. The first-order chi connectivity index (χ1) is 9.70. The number of urea groups is 1. The van der Waals surface area contributed by atoms with Gasteiger partial charge in [0.15, 0.2) is 0 Å². The minimum absolute atomic E-state index is 0.133. The van der Waals surface area contributed by atoms with Gasteiger partial charge >= 0.3 is 6.03 Å². The fraction of sp³-hybridized carbons (Fsp3) is 0.533. The fourth-order valence-corrected chi connectivity index (χ4v) is 2.81. The Labute approximate surface area is 124 Å². The average Bonchev–Trinajstić information content (AvgIpc) is 2.94. The van der Waals surface area contributed by atoms with Crippen LogP contribution in [0.5, 0.6) is 0 Å². The van der Waals surface area contributed by atoms with Gasteiger partial charge in [-0.25, -0.2) is 4.79 Å². The molecule has 0 radical (unpaired) electrons. The van der Waals surface area contributed by atoms with Gasteiger partial charge in [0.25, 0.3) is 0 Å². The van der Waals surface area contributed by atoms with Crippen LogP contribution >= 0.6 is 11.6 Å². The molecule has 1 aliphatic rings. The molecule has 2 amide bonds. The first kappa shape index (κ1) is 15.1. The molecule has 2 N–H and O–H groups in total. The van der Waals surface area contributed by atoms with Gasteiger partial charge in [0, 0.05) is 30.3 Å². The van der Waals surface area contributed by atoms with E-state index in [-0.39, 0.29) is 12.1 Å². The minimum atomic E-state index is -0.238. The molecule has 4 nitrogen and oxygen atoms in total. The lowest BCUT2D eigenvalue weighted by Crippen LogP contribution is -2.42. The average molecular weight is 297 g/mol. The van der Waals surface area contributed by atoms with Gasteiger partial charge in [0.2, 0.25) is 0 Å². The lowest BCUT2D eigenvalue weighted by atomic mass is 10.1. The van der Waals surface area contributed by atoms with Crippen molar-refractivity contribution >= 4 is 17.6 Å². The topological polar surface area (TPSA) is 50.4 Å². The predicted octanol–water partition coefficient (Wildman–Crippen LogP) is 3.27. The number of benzene rings is 1. The number of carbonyl (C=O) groups excluding carboxylic acids is 1.